The van der Waals surface area contributed by atoms with Crippen molar-refractivity contribution in [3.8, 4) is 11.5 Å². The summed E-state index contributed by atoms with van der Waals surface area (Å²) in [5, 5.41) is 0.825. The Bertz CT molecular complexity index is 478. The zero-order valence-electron chi connectivity index (χ0n) is 11.9. The molecule has 0 radical (unpaired) electrons. The maximum atomic E-state index is 12.6. The number of nitrogens with zero attached hydrogens (tertiary/aromatic N) is 1. The van der Waals surface area contributed by atoms with Crippen LogP contribution in [0.15, 0.2) is 18.2 Å². The van der Waals surface area contributed by atoms with Crippen molar-refractivity contribution in [3.63, 3.8) is 0 Å². The first kappa shape index (κ1) is 15.2. The van der Waals surface area contributed by atoms with Crippen molar-refractivity contribution in [2.75, 3.05) is 26.1 Å². The van der Waals surface area contributed by atoms with E-state index in [0.29, 0.717) is 17.1 Å². The van der Waals surface area contributed by atoms with Gasteiger partial charge in [0.05, 0.1) is 14.2 Å². The average molecular weight is 342 g/mol. The SMILES string of the molecule is COc1ccc(C(=O)N2CCCCC2CBr)cc1OC. The summed E-state index contributed by atoms with van der Waals surface area (Å²) in [4.78, 5) is 14.6. The molecule has 0 spiro atoms. The summed E-state index contributed by atoms with van der Waals surface area (Å²) in [5.41, 5.74) is 0.649. The Labute approximate surface area is 128 Å². The molecule has 1 atom stereocenters. The van der Waals surface area contributed by atoms with Gasteiger partial charge in [-0.25, -0.2) is 0 Å². The first-order valence-electron chi connectivity index (χ1n) is 6.80. The van der Waals surface area contributed by atoms with E-state index in [4.69, 9.17) is 9.47 Å². The lowest BCUT2D eigenvalue weighted by Gasteiger charge is -2.34. The minimum Gasteiger partial charge on any atom is -0.493 e. The second-order valence-corrected chi connectivity index (χ2v) is 5.52. The van der Waals surface area contributed by atoms with Crippen LogP contribution in [0.4, 0.5) is 0 Å². The van der Waals surface area contributed by atoms with Crippen LogP contribution in [0.5, 0.6) is 11.5 Å². The predicted molar refractivity (Wildman–Crippen MR) is 82.0 cm³/mol. The quantitative estimate of drug-likeness (QED) is 0.790. The van der Waals surface area contributed by atoms with Crippen LogP contribution in [0.25, 0.3) is 0 Å². The molecule has 1 fully saturated rings. The van der Waals surface area contributed by atoms with Crippen molar-refractivity contribution < 1.29 is 14.3 Å². The van der Waals surface area contributed by atoms with Gasteiger partial charge in [-0.3, -0.25) is 4.79 Å². The maximum absolute atomic E-state index is 12.6. The number of alkyl halides is 1. The predicted octanol–water partition coefficient (Wildman–Crippen LogP) is 3.09. The molecule has 20 heavy (non-hydrogen) atoms. The van der Waals surface area contributed by atoms with Gasteiger partial charge in [0.1, 0.15) is 0 Å². The molecule has 0 saturated carbocycles. The number of benzene rings is 1. The molecular weight excluding hydrogens is 322 g/mol. The van der Waals surface area contributed by atoms with Gasteiger partial charge in [-0.05, 0) is 37.5 Å². The summed E-state index contributed by atoms with van der Waals surface area (Å²) < 4.78 is 10.5. The topological polar surface area (TPSA) is 38.8 Å². The minimum absolute atomic E-state index is 0.0649. The van der Waals surface area contributed by atoms with Gasteiger partial charge in [0.2, 0.25) is 0 Å². The highest BCUT2D eigenvalue weighted by atomic mass is 79.9. The van der Waals surface area contributed by atoms with Gasteiger partial charge >= 0.3 is 0 Å². The Kier molecular flexibility index (Phi) is 5.29. The van der Waals surface area contributed by atoms with E-state index in [1.165, 1.54) is 6.42 Å². The van der Waals surface area contributed by atoms with E-state index < -0.39 is 0 Å². The Hall–Kier alpha value is -1.23. The van der Waals surface area contributed by atoms with Crippen molar-refractivity contribution in [1.82, 2.24) is 4.90 Å². The number of carbonyl (C=O) groups excluding carboxylic acids is 1. The molecule has 4 nitrogen and oxygen atoms in total. The fraction of sp³-hybridized carbons (Fsp3) is 0.533. The standard InChI is InChI=1S/C15H20BrNO3/c1-19-13-7-6-11(9-14(13)20-2)15(18)17-8-4-3-5-12(17)10-16/h6-7,9,12H,3-5,8,10H2,1-2H3. The van der Waals surface area contributed by atoms with Crippen molar-refractivity contribution in [2.45, 2.75) is 25.3 Å². The summed E-state index contributed by atoms with van der Waals surface area (Å²) in [6.45, 7) is 0.823. The highest BCUT2D eigenvalue weighted by Crippen LogP contribution is 2.29. The van der Waals surface area contributed by atoms with E-state index in [1.54, 1.807) is 32.4 Å². The van der Waals surface area contributed by atoms with E-state index in [0.717, 1.165) is 24.7 Å². The Balaban J connectivity index is 2.23. The summed E-state index contributed by atoms with van der Waals surface area (Å²) in [5.74, 6) is 1.29. The average Bonchev–Trinajstić information content (AvgIpc) is 2.53. The first-order valence-corrected chi connectivity index (χ1v) is 7.92. The second-order valence-electron chi connectivity index (χ2n) is 4.87. The molecule has 1 amide bonds. The van der Waals surface area contributed by atoms with Crippen LogP contribution >= 0.6 is 15.9 Å². The lowest BCUT2D eigenvalue weighted by molar-refractivity contribution is 0.0641. The van der Waals surface area contributed by atoms with E-state index in [-0.39, 0.29) is 11.9 Å². The van der Waals surface area contributed by atoms with Gasteiger partial charge in [0.25, 0.3) is 5.91 Å². The largest absolute Gasteiger partial charge is 0.493 e. The van der Waals surface area contributed by atoms with E-state index in [2.05, 4.69) is 15.9 Å². The van der Waals surface area contributed by atoms with Gasteiger partial charge in [-0.1, -0.05) is 15.9 Å². The summed E-state index contributed by atoms with van der Waals surface area (Å²) in [6, 6.07) is 5.61. The minimum atomic E-state index is 0.0649. The normalized spacial score (nSPS) is 18.8. The molecule has 1 aromatic rings. The van der Waals surface area contributed by atoms with Crippen LogP contribution in [-0.4, -0.2) is 42.9 Å². The molecule has 2 rings (SSSR count). The number of likely N-dealkylation sites (tertiary alicyclic amines) is 1. The third kappa shape index (κ3) is 3.08. The third-order valence-electron chi connectivity index (χ3n) is 3.70. The molecule has 1 heterocycles. The number of rotatable bonds is 4. The van der Waals surface area contributed by atoms with Gasteiger partial charge in [-0.2, -0.15) is 0 Å². The number of hydrogen-bond acceptors (Lipinski definition) is 3. The second kappa shape index (κ2) is 6.97. The van der Waals surface area contributed by atoms with Gasteiger partial charge in [-0.15, -0.1) is 0 Å². The highest BCUT2D eigenvalue weighted by Gasteiger charge is 2.27. The molecule has 0 N–H and O–H groups in total. The zero-order valence-corrected chi connectivity index (χ0v) is 13.5. The van der Waals surface area contributed by atoms with Gasteiger partial charge in [0, 0.05) is 23.5 Å². The van der Waals surface area contributed by atoms with Crippen molar-refractivity contribution >= 4 is 21.8 Å². The van der Waals surface area contributed by atoms with E-state index in [9.17, 15) is 4.79 Å². The van der Waals surface area contributed by atoms with Crippen molar-refractivity contribution in [3.05, 3.63) is 23.8 Å². The zero-order chi connectivity index (χ0) is 14.5. The van der Waals surface area contributed by atoms with E-state index in [1.807, 2.05) is 4.90 Å². The molecule has 1 aromatic carbocycles. The summed E-state index contributed by atoms with van der Waals surface area (Å²) in [7, 11) is 3.17. The molecule has 1 unspecified atom stereocenters. The monoisotopic (exact) mass is 341 g/mol. The number of carbonyl (C=O) groups is 1. The molecule has 0 bridgehead atoms. The number of hydrogen-bond donors (Lipinski definition) is 0. The molecule has 110 valence electrons. The molecule has 0 aliphatic carbocycles. The lowest BCUT2D eigenvalue weighted by atomic mass is 10.0. The van der Waals surface area contributed by atoms with Crippen LogP contribution in [0.1, 0.15) is 29.6 Å². The van der Waals surface area contributed by atoms with Crippen LogP contribution in [-0.2, 0) is 0 Å². The summed E-state index contributed by atoms with van der Waals surface area (Å²) >= 11 is 3.50. The third-order valence-corrected chi connectivity index (χ3v) is 4.44. The molecule has 1 aliphatic rings. The molecule has 1 aliphatic heterocycles. The van der Waals surface area contributed by atoms with Gasteiger partial charge < -0.3 is 14.4 Å². The maximum Gasteiger partial charge on any atom is 0.254 e. The van der Waals surface area contributed by atoms with Crippen molar-refractivity contribution in [1.29, 1.82) is 0 Å². The summed E-state index contributed by atoms with van der Waals surface area (Å²) in [6.07, 6.45) is 3.32. The van der Waals surface area contributed by atoms with Gasteiger partial charge in [0.15, 0.2) is 11.5 Å². The number of piperidine rings is 1. The fourth-order valence-corrected chi connectivity index (χ4v) is 3.24. The van der Waals surface area contributed by atoms with E-state index >= 15 is 0 Å². The Morgan fingerprint density at radius 2 is 2.05 bits per heavy atom. The smallest absolute Gasteiger partial charge is 0.254 e. The van der Waals surface area contributed by atoms with Crippen LogP contribution < -0.4 is 9.47 Å². The fourth-order valence-electron chi connectivity index (χ4n) is 2.56. The Morgan fingerprint density at radius 3 is 2.70 bits per heavy atom. The molecule has 5 heteroatoms. The lowest BCUT2D eigenvalue weighted by Crippen LogP contribution is -2.44. The van der Waals surface area contributed by atoms with Crippen LogP contribution in [0, 0.1) is 0 Å². The first-order chi connectivity index (χ1) is 9.71. The van der Waals surface area contributed by atoms with Crippen LogP contribution in [0.3, 0.4) is 0 Å². The Morgan fingerprint density at radius 1 is 1.30 bits per heavy atom. The number of ether oxygens (including phenoxy) is 2. The van der Waals surface area contributed by atoms with Crippen LogP contribution in [0.2, 0.25) is 0 Å². The molecule has 0 aromatic heterocycles. The number of methoxy groups -OCH3 is 2. The molecule has 1 saturated heterocycles. The van der Waals surface area contributed by atoms with Crippen molar-refractivity contribution in [2.24, 2.45) is 0 Å². The molecular formula is C15H20BrNO3. The number of halogens is 1. The highest BCUT2D eigenvalue weighted by molar-refractivity contribution is 9.09. The number of amides is 1.